The second-order valence-electron chi connectivity index (χ2n) is 5.04. The van der Waals surface area contributed by atoms with Gasteiger partial charge in [0, 0.05) is 18.8 Å². The summed E-state index contributed by atoms with van der Waals surface area (Å²) in [6.07, 6.45) is 0. The molecule has 4 nitrogen and oxygen atoms in total. The van der Waals surface area contributed by atoms with Crippen LogP contribution in [0.25, 0.3) is 0 Å². The molecule has 2 rings (SSSR count). The minimum atomic E-state index is -0.489. The Morgan fingerprint density at radius 2 is 2.28 bits per heavy atom. The Morgan fingerprint density at radius 3 is 2.94 bits per heavy atom. The van der Waals surface area contributed by atoms with Crippen LogP contribution in [0.3, 0.4) is 0 Å². The Bertz CT molecular complexity index is 434. The van der Waals surface area contributed by atoms with E-state index in [0.717, 1.165) is 17.8 Å². The predicted octanol–water partition coefficient (Wildman–Crippen LogP) is 0.928. The van der Waals surface area contributed by atoms with Gasteiger partial charge in [-0.15, -0.1) is 0 Å². The molecule has 0 saturated carbocycles. The number of carbonyl (C=O) groups excluding carboxylic acids is 1. The van der Waals surface area contributed by atoms with E-state index >= 15 is 0 Å². The molecular formula is C14H20N2O2. The SMILES string of the molecule is Cc1cccc(N2CC(C)CNC(=O)C2CO)c1. The summed E-state index contributed by atoms with van der Waals surface area (Å²) in [5.74, 6) is 0.273. The van der Waals surface area contributed by atoms with Crippen LogP contribution >= 0.6 is 0 Å². The predicted molar refractivity (Wildman–Crippen MR) is 71.6 cm³/mol. The van der Waals surface area contributed by atoms with Crippen LogP contribution in [0.15, 0.2) is 24.3 Å². The van der Waals surface area contributed by atoms with E-state index in [1.54, 1.807) is 0 Å². The number of carbonyl (C=O) groups is 1. The van der Waals surface area contributed by atoms with Gasteiger partial charge in [-0.3, -0.25) is 4.79 Å². The summed E-state index contributed by atoms with van der Waals surface area (Å²) in [7, 11) is 0. The van der Waals surface area contributed by atoms with E-state index in [0.29, 0.717) is 12.5 Å². The van der Waals surface area contributed by atoms with Crippen LogP contribution in [0, 0.1) is 12.8 Å². The van der Waals surface area contributed by atoms with Gasteiger partial charge in [0.25, 0.3) is 0 Å². The fourth-order valence-electron chi connectivity index (χ4n) is 2.34. The van der Waals surface area contributed by atoms with Crippen LogP contribution in [0.1, 0.15) is 12.5 Å². The molecule has 1 aromatic rings. The number of benzene rings is 1. The first-order valence-corrected chi connectivity index (χ1v) is 6.33. The van der Waals surface area contributed by atoms with Gasteiger partial charge in [0.1, 0.15) is 6.04 Å². The van der Waals surface area contributed by atoms with E-state index in [1.165, 1.54) is 0 Å². The lowest BCUT2D eigenvalue weighted by molar-refractivity contribution is -0.122. The van der Waals surface area contributed by atoms with E-state index in [4.69, 9.17) is 0 Å². The average Bonchev–Trinajstić information content (AvgIpc) is 2.49. The number of aliphatic hydroxyl groups excluding tert-OH is 1. The lowest BCUT2D eigenvalue weighted by Crippen LogP contribution is -2.47. The molecule has 1 aliphatic heterocycles. The first-order valence-electron chi connectivity index (χ1n) is 6.33. The van der Waals surface area contributed by atoms with Gasteiger partial charge in [0.15, 0.2) is 0 Å². The third-order valence-electron chi connectivity index (χ3n) is 3.32. The van der Waals surface area contributed by atoms with E-state index in [1.807, 2.05) is 36.1 Å². The van der Waals surface area contributed by atoms with E-state index in [2.05, 4.69) is 12.2 Å². The topological polar surface area (TPSA) is 52.6 Å². The van der Waals surface area contributed by atoms with Gasteiger partial charge in [-0.25, -0.2) is 0 Å². The maximum absolute atomic E-state index is 11.9. The van der Waals surface area contributed by atoms with Crippen molar-refractivity contribution in [3.05, 3.63) is 29.8 Å². The summed E-state index contributed by atoms with van der Waals surface area (Å²) in [4.78, 5) is 13.9. The minimum Gasteiger partial charge on any atom is -0.394 e. The van der Waals surface area contributed by atoms with E-state index in [9.17, 15) is 9.90 Å². The highest BCUT2D eigenvalue weighted by atomic mass is 16.3. The number of anilines is 1. The van der Waals surface area contributed by atoms with Crippen molar-refractivity contribution >= 4 is 11.6 Å². The largest absolute Gasteiger partial charge is 0.394 e. The maximum Gasteiger partial charge on any atom is 0.245 e. The molecule has 2 unspecified atom stereocenters. The molecule has 0 aliphatic carbocycles. The Hall–Kier alpha value is -1.55. The molecule has 1 heterocycles. The molecular weight excluding hydrogens is 228 g/mol. The van der Waals surface area contributed by atoms with Crippen molar-refractivity contribution in [1.82, 2.24) is 5.32 Å². The highest BCUT2D eigenvalue weighted by Gasteiger charge is 2.30. The van der Waals surface area contributed by atoms with Crippen molar-refractivity contribution in [3.8, 4) is 0 Å². The number of nitrogens with zero attached hydrogens (tertiary/aromatic N) is 1. The standard InChI is InChI=1S/C14H20N2O2/c1-10-4-3-5-12(6-10)16-8-11(2)7-15-14(18)13(16)9-17/h3-6,11,13,17H,7-9H2,1-2H3,(H,15,18). The zero-order valence-electron chi connectivity index (χ0n) is 10.9. The lowest BCUT2D eigenvalue weighted by Gasteiger charge is -2.30. The molecule has 1 saturated heterocycles. The third-order valence-corrected chi connectivity index (χ3v) is 3.32. The van der Waals surface area contributed by atoms with Crippen LogP contribution < -0.4 is 10.2 Å². The van der Waals surface area contributed by atoms with Crippen molar-refractivity contribution in [2.45, 2.75) is 19.9 Å². The maximum atomic E-state index is 11.9. The molecule has 18 heavy (non-hydrogen) atoms. The average molecular weight is 248 g/mol. The number of nitrogens with one attached hydrogen (secondary N) is 1. The van der Waals surface area contributed by atoms with E-state index in [-0.39, 0.29) is 12.5 Å². The minimum absolute atomic E-state index is 0.0941. The molecule has 2 N–H and O–H groups in total. The molecule has 4 heteroatoms. The highest BCUT2D eigenvalue weighted by molar-refractivity contribution is 5.86. The molecule has 0 bridgehead atoms. The van der Waals surface area contributed by atoms with E-state index < -0.39 is 6.04 Å². The van der Waals surface area contributed by atoms with Gasteiger partial charge in [-0.2, -0.15) is 0 Å². The molecule has 1 fully saturated rings. The van der Waals surface area contributed by atoms with Crippen LogP contribution in [0.4, 0.5) is 5.69 Å². The monoisotopic (exact) mass is 248 g/mol. The molecule has 0 radical (unpaired) electrons. The van der Waals surface area contributed by atoms with Crippen molar-refractivity contribution in [1.29, 1.82) is 0 Å². The van der Waals surface area contributed by atoms with Gasteiger partial charge in [0.2, 0.25) is 5.91 Å². The lowest BCUT2D eigenvalue weighted by atomic mass is 10.1. The number of aryl methyl sites for hydroxylation is 1. The number of amides is 1. The second kappa shape index (κ2) is 5.40. The zero-order chi connectivity index (χ0) is 13.1. The summed E-state index contributed by atoms with van der Waals surface area (Å²) in [6, 6.07) is 7.55. The van der Waals surface area contributed by atoms with Gasteiger partial charge >= 0.3 is 0 Å². The molecule has 2 atom stereocenters. The van der Waals surface area contributed by atoms with Crippen LogP contribution in [-0.4, -0.2) is 36.8 Å². The molecule has 0 aromatic heterocycles. The zero-order valence-corrected chi connectivity index (χ0v) is 10.9. The Labute approximate surface area is 108 Å². The number of aliphatic hydroxyl groups is 1. The summed E-state index contributed by atoms with van der Waals surface area (Å²) in [5, 5.41) is 12.3. The Kier molecular flexibility index (Phi) is 3.87. The first-order chi connectivity index (χ1) is 8.61. The van der Waals surface area contributed by atoms with Crippen LogP contribution in [0.2, 0.25) is 0 Å². The quantitative estimate of drug-likeness (QED) is 0.818. The van der Waals surface area contributed by atoms with Gasteiger partial charge in [0.05, 0.1) is 6.61 Å². The Balaban J connectivity index is 2.34. The second-order valence-corrected chi connectivity index (χ2v) is 5.04. The van der Waals surface area contributed by atoms with Gasteiger partial charge in [-0.05, 0) is 30.5 Å². The normalized spacial score (nSPS) is 24.6. The molecule has 1 aromatic carbocycles. The number of hydrogen-bond acceptors (Lipinski definition) is 3. The molecule has 1 amide bonds. The summed E-state index contributed by atoms with van der Waals surface area (Å²) < 4.78 is 0. The van der Waals surface area contributed by atoms with Crippen molar-refractivity contribution < 1.29 is 9.90 Å². The highest BCUT2D eigenvalue weighted by Crippen LogP contribution is 2.21. The van der Waals surface area contributed by atoms with Gasteiger partial charge in [-0.1, -0.05) is 19.1 Å². The summed E-state index contributed by atoms with van der Waals surface area (Å²) in [6.45, 7) is 5.40. The smallest absolute Gasteiger partial charge is 0.245 e. The van der Waals surface area contributed by atoms with Crippen LogP contribution in [-0.2, 0) is 4.79 Å². The molecule has 98 valence electrons. The Morgan fingerprint density at radius 1 is 1.50 bits per heavy atom. The molecule has 0 spiro atoms. The summed E-state index contributed by atoms with van der Waals surface area (Å²) >= 11 is 0. The van der Waals surface area contributed by atoms with Crippen molar-refractivity contribution in [2.75, 3.05) is 24.6 Å². The summed E-state index contributed by atoms with van der Waals surface area (Å²) in [5.41, 5.74) is 2.15. The van der Waals surface area contributed by atoms with Gasteiger partial charge < -0.3 is 15.3 Å². The van der Waals surface area contributed by atoms with Crippen molar-refractivity contribution in [3.63, 3.8) is 0 Å². The third kappa shape index (κ3) is 2.64. The van der Waals surface area contributed by atoms with Crippen molar-refractivity contribution in [2.24, 2.45) is 5.92 Å². The van der Waals surface area contributed by atoms with Crippen LogP contribution in [0.5, 0.6) is 0 Å². The first kappa shape index (κ1) is 12.9. The number of hydrogen-bond donors (Lipinski definition) is 2. The number of rotatable bonds is 2. The molecule has 1 aliphatic rings. The fraction of sp³-hybridized carbons (Fsp3) is 0.500. The fourth-order valence-corrected chi connectivity index (χ4v) is 2.34.